The van der Waals surface area contributed by atoms with Crippen LogP contribution in [0.15, 0.2) is 49.1 Å². The van der Waals surface area contributed by atoms with Crippen molar-refractivity contribution in [2.75, 3.05) is 14.2 Å². The molecule has 3 heterocycles. The smallest absolute Gasteiger partial charge is 0.171 e. The van der Waals surface area contributed by atoms with Crippen molar-refractivity contribution in [2.45, 2.75) is 13.5 Å². The van der Waals surface area contributed by atoms with Crippen molar-refractivity contribution < 1.29 is 9.47 Å². The van der Waals surface area contributed by atoms with E-state index < -0.39 is 0 Å². The zero-order valence-electron chi connectivity index (χ0n) is 14.9. The molecule has 0 N–H and O–H groups in total. The Bertz CT molecular complexity index is 1070. The van der Waals surface area contributed by atoms with Gasteiger partial charge >= 0.3 is 0 Å². The van der Waals surface area contributed by atoms with Crippen molar-refractivity contribution in [3.8, 4) is 22.9 Å². The molecule has 0 unspecified atom stereocenters. The van der Waals surface area contributed by atoms with E-state index in [0.717, 1.165) is 28.3 Å². The van der Waals surface area contributed by atoms with Gasteiger partial charge < -0.3 is 14.0 Å². The highest BCUT2D eigenvalue weighted by Gasteiger charge is 2.17. The van der Waals surface area contributed by atoms with E-state index in [0.29, 0.717) is 18.0 Å². The van der Waals surface area contributed by atoms with Crippen LogP contribution in [0.1, 0.15) is 11.3 Å². The summed E-state index contributed by atoms with van der Waals surface area (Å²) in [6.45, 7) is 2.63. The maximum absolute atomic E-state index is 5.60. The molecular weight excluding hydrogens is 330 g/mol. The molecule has 3 aromatic heterocycles. The SMILES string of the molecule is COc1cc(C)cc(-c2nccn2Cc2cccc3ncnn23)c1OC. The Hall–Kier alpha value is -3.35. The van der Waals surface area contributed by atoms with Gasteiger partial charge in [-0.1, -0.05) is 6.07 Å². The summed E-state index contributed by atoms with van der Waals surface area (Å²) in [4.78, 5) is 8.80. The van der Waals surface area contributed by atoms with Crippen LogP contribution in [0.5, 0.6) is 11.5 Å². The number of ether oxygens (including phenoxy) is 2. The van der Waals surface area contributed by atoms with E-state index >= 15 is 0 Å². The predicted octanol–water partition coefficient (Wildman–Crippen LogP) is 2.97. The number of aromatic nitrogens is 5. The third kappa shape index (κ3) is 2.67. The molecular formula is C19H19N5O2. The van der Waals surface area contributed by atoms with Crippen LogP contribution in [0, 0.1) is 6.92 Å². The summed E-state index contributed by atoms with van der Waals surface area (Å²) in [6.07, 6.45) is 5.28. The highest BCUT2D eigenvalue weighted by molar-refractivity contribution is 5.70. The first kappa shape index (κ1) is 16.1. The largest absolute Gasteiger partial charge is 0.493 e. The molecule has 7 nitrogen and oxygen atoms in total. The van der Waals surface area contributed by atoms with E-state index in [-0.39, 0.29) is 0 Å². The lowest BCUT2D eigenvalue weighted by Crippen LogP contribution is -2.07. The van der Waals surface area contributed by atoms with Gasteiger partial charge in [-0.3, -0.25) is 0 Å². The monoisotopic (exact) mass is 349 g/mol. The Labute approximate surface area is 150 Å². The van der Waals surface area contributed by atoms with Gasteiger partial charge in [-0.25, -0.2) is 14.5 Å². The number of fused-ring (bicyclic) bond motifs is 1. The number of benzene rings is 1. The maximum atomic E-state index is 5.60. The lowest BCUT2D eigenvalue weighted by Gasteiger charge is -2.15. The third-order valence-electron chi connectivity index (χ3n) is 4.29. The van der Waals surface area contributed by atoms with Gasteiger partial charge in [0.05, 0.1) is 32.0 Å². The molecule has 4 rings (SSSR count). The van der Waals surface area contributed by atoms with Crippen LogP contribution in [-0.4, -0.2) is 38.4 Å². The number of methoxy groups -OCH3 is 2. The Morgan fingerprint density at radius 1 is 1.08 bits per heavy atom. The van der Waals surface area contributed by atoms with E-state index in [1.165, 1.54) is 0 Å². The van der Waals surface area contributed by atoms with Crippen molar-refractivity contribution in [1.29, 1.82) is 0 Å². The minimum atomic E-state index is 0.607. The summed E-state index contributed by atoms with van der Waals surface area (Å²) in [5.41, 5.74) is 3.79. The van der Waals surface area contributed by atoms with Crippen molar-refractivity contribution in [3.05, 3.63) is 60.3 Å². The van der Waals surface area contributed by atoms with Crippen LogP contribution in [0.25, 0.3) is 17.0 Å². The number of pyridine rings is 1. The van der Waals surface area contributed by atoms with Crippen LogP contribution < -0.4 is 9.47 Å². The lowest BCUT2D eigenvalue weighted by molar-refractivity contribution is 0.355. The van der Waals surface area contributed by atoms with E-state index in [2.05, 4.69) is 25.7 Å². The number of imidazole rings is 1. The van der Waals surface area contributed by atoms with Crippen molar-refractivity contribution in [2.24, 2.45) is 0 Å². The summed E-state index contributed by atoms with van der Waals surface area (Å²) in [6, 6.07) is 9.94. The van der Waals surface area contributed by atoms with Crippen molar-refractivity contribution >= 4 is 5.65 Å². The molecule has 4 aromatic rings. The normalized spacial score (nSPS) is 11.0. The fourth-order valence-corrected chi connectivity index (χ4v) is 3.14. The second-order valence-electron chi connectivity index (χ2n) is 5.97. The number of rotatable bonds is 5. The standard InChI is InChI=1S/C19H19N5O2/c1-13-9-15(18(26-3)16(10-13)25-2)19-20-7-8-23(19)11-14-5-4-6-17-21-12-22-24(14)17/h4-10,12H,11H2,1-3H3. The predicted molar refractivity (Wildman–Crippen MR) is 97.6 cm³/mol. The minimum Gasteiger partial charge on any atom is -0.493 e. The molecule has 0 saturated heterocycles. The van der Waals surface area contributed by atoms with Crippen molar-refractivity contribution in [1.82, 2.24) is 24.1 Å². The van der Waals surface area contributed by atoms with Crippen LogP contribution >= 0.6 is 0 Å². The average molecular weight is 349 g/mol. The van der Waals surface area contributed by atoms with Crippen LogP contribution in [-0.2, 0) is 6.54 Å². The molecule has 0 atom stereocenters. The summed E-state index contributed by atoms with van der Waals surface area (Å²) in [7, 11) is 3.28. The molecule has 0 radical (unpaired) electrons. The molecule has 1 aromatic carbocycles. The van der Waals surface area contributed by atoms with E-state index in [1.807, 2.05) is 41.9 Å². The molecule has 0 aliphatic carbocycles. The van der Waals surface area contributed by atoms with Gasteiger partial charge in [0.1, 0.15) is 12.2 Å². The topological polar surface area (TPSA) is 66.5 Å². The molecule has 0 amide bonds. The minimum absolute atomic E-state index is 0.607. The van der Waals surface area contributed by atoms with Gasteiger partial charge in [0.15, 0.2) is 17.1 Å². The molecule has 26 heavy (non-hydrogen) atoms. The molecule has 0 spiro atoms. The van der Waals surface area contributed by atoms with Crippen LogP contribution in [0.4, 0.5) is 0 Å². The number of hydrogen-bond donors (Lipinski definition) is 0. The molecule has 7 heteroatoms. The summed E-state index contributed by atoms with van der Waals surface area (Å²) in [5.74, 6) is 2.17. The Morgan fingerprint density at radius 2 is 1.96 bits per heavy atom. The van der Waals surface area contributed by atoms with Crippen LogP contribution in [0.2, 0.25) is 0 Å². The maximum Gasteiger partial charge on any atom is 0.171 e. The molecule has 0 aliphatic heterocycles. The zero-order valence-corrected chi connectivity index (χ0v) is 14.9. The molecule has 0 bridgehead atoms. The zero-order chi connectivity index (χ0) is 18.1. The highest BCUT2D eigenvalue weighted by Crippen LogP contribution is 2.38. The fraction of sp³-hybridized carbons (Fsp3) is 0.211. The van der Waals surface area contributed by atoms with Gasteiger partial charge in [-0.2, -0.15) is 5.10 Å². The first-order valence-electron chi connectivity index (χ1n) is 8.23. The quantitative estimate of drug-likeness (QED) is 0.554. The van der Waals surface area contributed by atoms with Crippen LogP contribution in [0.3, 0.4) is 0 Å². The summed E-state index contributed by atoms with van der Waals surface area (Å²) >= 11 is 0. The Balaban J connectivity index is 1.81. The summed E-state index contributed by atoms with van der Waals surface area (Å²) < 4.78 is 15.0. The number of hydrogen-bond acceptors (Lipinski definition) is 5. The first-order valence-corrected chi connectivity index (χ1v) is 8.23. The van der Waals surface area contributed by atoms with Gasteiger partial charge in [-0.05, 0) is 36.8 Å². The van der Waals surface area contributed by atoms with Crippen molar-refractivity contribution in [3.63, 3.8) is 0 Å². The molecule has 0 aliphatic rings. The third-order valence-corrected chi connectivity index (χ3v) is 4.29. The van der Waals surface area contributed by atoms with E-state index in [4.69, 9.17) is 9.47 Å². The second-order valence-corrected chi connectivity index (χ2v) is 5.97. The number of aryl methyl sites for hydroxylation is 1. The van der Waals surface area contributed by atoms with E-state index in [9.17, 15) is 0 Å². The Morgan fingerprint density at radius 3 is 2.77 bits per heavy atom. The summed E-state index contributed by atoms with van der Waals surface area (Å²) in [5, 5.41) is 4.30. The van der Waals surface area contributed by atoms with Gasteiger partial charge in [0.2, 0.25) is 0 Å². The van der Waals surface area contributed by atoms with E-state index in [1.54, 1.807) is 26.7 Å². The second kappa shape index (κ2) is 6.51. The molecule has 0 saturated carbocycles. The van der Waals surface area contributed by atoms with Gasteiger partial charge in [-0.15, -0.1) is 0 Å². The Kier molecular flexibility index (Phi) is 4.04. The van der Waals surface area contributed by atoms with Gasteiger partial charge in [0, 0.05) is 12.4 Å². The molecule has 0 fully saturated rings. The highest BCUT2D eigenvalue weighted by atomic mass is 16.5. The first-order chi connectivity index (χ1) is 12.7. The molecule has 132 valence electrons. The number of nitrogens with zero attached hydrogens (tertiary/aromatic N) is 5. The average Bonchev–Trinajstić information content (AvgIpc) is 3.30. The fourth-order valence-electron chi connectivity index (χ4n) is 3.14. The lowest BCUT2D eigenvalue weighted by atomic mass is 10.1. The van der Waals surface area contributed by atoms with Gasteiger partial charge in [0.25, 0.3) is 0 Å².